The molecule has 0 aliphatic heterocycles. The number of nitrogens with zero attached hydrogens (tertiary/aromatic N) is 1. The molecule has 0 unspecified atom stereocenters. The Hall–Kier alpha value is -2.79. The molecular formula is C20H17ClFNO3. The Morgan fingerprint density at radius 1 is 1.15 bits per heavy atom. The van der Waals surface area contributed by atoms with E-state index in [1.165, 1.54) is 19.2 Å². The van der Waals surface area contributed by atoms with Crippen LogP contribution >= 0.6 is 11.6 Å². The Labute approximate surface area is 155 Å². The van der Waals surface area contributed by atoms with E-state index in [9.17, 15) is 9.18 Å². The second-order valence-electron chi connectivity index (χ2n) is 5.72. The van der Waals surface area contributed by atoms with Crippen molar-refractivity contribution in [2.75, 3.05) is 7.11 Å². The smallest absolute Gasteiger partial charge is 0.254 e. The Balaban J connectivity index is 1.88. The fourth-order valence-corrected chi connectivity index (χ4v) is 2.89. The van der Waals surface area contributed by atoms with Gasteiger partial charge in [0, 0.05) is 12.1 Å². The van der Waals surface area contributed by atoms with Crippen molar-refractivity contribution in [1.29, 1.82) is 0 Å². The van der Waals surface area contributed by atoms with Gasteiger partial charge < -0.3 is 14.1 Å². The Kier molecular flexibility index (Phi) is 5.58. The summed E-state index contributed by atoms with van der Waals surface area (Å²) in [4.78, 5) is 14.6. The molecule has 1 aromatic heterocycles. The molecule has 0 saturated heterocycles. The van der Waals surface area contributed by atoms with Crippen LogP contribution < -0.4 is 4.74 Å². The van der Waals surface area contributed by atoms with E-state index in [2.05, 4.69) is 0 Å². The third-order valence-electron chi connectivity index (χ3n) is 3.88. The van der Waals surface area contributed by atoms with Gasteiger partial charge in [0.2, 0.25) is 0 Å². The summed E-state index contributed by atoms with van der Waals surface area (Å²) in [6.45, 7) is 0.493. The number of hydrogen-bond donors (Lipinski definition) is 0. The van der Waals surface area contributed by atoms with E-state index in [0.29, 0.717) is 27.7 Å². The monoisotopic (exact) mass is 373 g/mol. The van der Waals surface area contributed by atoms with Crippen molar-refractivity contribution in [3.05, 3.63) is 88.6 Å². The van der Waals surface area contributed by atoms with Gasteiger partial charge in [-0.3, -0.25) is 4.79 Å². The lowest BCUT2D eigenvalue weighted by atomic mass is 10.1. The number of amides is 1. The zero-order valence-corrected chi connectivity index (χ0v) is 14.9. The molecule has 0 atom stereocenters. The molecule has 2 aromatic carbocycles. The predicted molar refractivity (Wildman–Crippen MR) is 96.7 cm³/mol. The highest BCUT2D eigenvalue weighted by Gasteiger charge is 2.19. The molecule has 1 amide bonds. The van der Waals surface area contributed by atoms with Crippen LogP contribution in [0.15, 0.2) is 65.3 Å². The average molecular weight is 374 g/mol. The molecule has 0 saturated carbocycles. The fraction of sp³-hybridized carbons (Fsp3) is 0.150. The molecule has 0 aliphatic carbocycles. The fourth-order valence-electron chi connectivity index (χ4n) is 2.63. The highest BCUT2D eigenvalue weighted by atomic mass is 35.5. The van der Waals surface area contributed by atoms with E-state index in [-0.39, 0.29) is 24.8 Å². The van der Waals surface area contributed by atoms with Gasteiger partial charge in [0.15, 0.2) is 0 Å². The number of halogens is 2. The predicted octanol–water partition coefficient (Wildman–Crippen LogP) is 4.92. The molecule has 0 bridgehead atoms. The third kappa shape index (κ3) is 4.24. The number of carbonyl (C=O) groups is 1. The van der Waals surface area contributed by atoms with E-state index in [1.54, 1.807) is 53.6 Å². The summed E-state index contributed by atoms with van der Waals surface area (Å²) in [6, 6.07) is 14.5. The highest BCUT2D eigenvalue weighted by molar-refractivity contribution is 6.32. The second-order valence-corrected chi connectivity index (χ2v) is 6.13. The Morgan fingerprint density at radius 2 is 2.00 bits per heavy atom. The molecule has 0 fully saturated rings. The minimum absolute atomic E-state index is 0.237. The van der Waals surface area contributed by atoms with Crippen molar-refractivity contribution in [2.45, 2.75) is 13.1 Å². The Morgan fingerprint density at radius 3 is 2.65 bits per heavy atom. The van der Waals surface area contributed by atoms with Gasteiger partial charge in [0.25, 0.3) is 5.91 Å². The standard InChI is InChI=1S/C20H17ClFNO3/c1-25-19-8-7-15(11-18(19)21)20(24)23(13-17-6-3-9-26-17)12-14-4-2-5-16(22)10-14/h2-11H,12-13H2,1H3. The van der Waals surface area contributed by atoms with E-state index in [1.807, 2.05) is 0 Å². The summed E-state index contributed by atoms with van der Waals surface area (Å²) in [7, 11) is 1.51. The van der Waals surface area contributed by atoms with Gasteiger partial charge in [-0.05, 0) is 48.0 Å². The lowest BCUT2D eigenvalue weighted by Crippen LogP contribution is -2.30. The molecule has 6 heteroatoms. The molecule has 1 heterocycles. The van der Waals surface area contributed by atoms with Crippen LogP contribution in [0.1, 0.15) is 21.7 Å². The SMILES string of the molecule is COc1ccc(C(=O)N(Cc2cccc(F)c2)Cc2ccco2)cc1Cl. The van der Waals surface area contributed by atoms with Gasteiger partial charge in [0.1, 0.15) is 17.3 Å². The number of methoxy groups -OCH3 is 1. The summed E-state index contributed by atoms with van der Waals surface area (Å²) in [6.07, 6.45) is 1.55. The number of rotatable bonds is 6. The summed E-state index contributed by atoms with van der Waals surface area (Å²) < 4.78 is 24.0. The Bertz CT molecular complexity index is 896. The van der Waals surface area contributed by atoms with E-state index >= 15 is 0 Å². The maximum Gasteiger partial charge on any atom is 0.254 e. The first-order valence-corrected chi connectivity index (χ1v) is 8.34. The van der Waals surface area contributed by atoms with Crippen LogP contribution in [0.2, 0.25) is 5.02 Å². The molecule has 26 heavy (non-hydrogen) atoms. The van der Waals surface area contributed by atoms with E-state index in [0.717, 1.165) is 0 Å². The minimum Gasteiger partial charge on any atom is -0.495 e. The summed E-state index contributed by atoms with van der Waals surface area (Å²) in [5.41, 5.74) is 1.10. The van der Waals surface area contributed by atoms with Crippen LogP contribution in [0, 0.1) is 5.82 Å². The zero-order chi connectivity index (χ0) is 18.5. The van der Waals surface area contributed by atoms with Crippen LogP contribution in [0.25, 0.3) is 0 Å². The van der Waals surface area contributed by atoms with Crippen molar-refractivity contribution >= 4 is 17.5 Å². The number of carbonyl (C=O) groups excluding carboxylic acids is 1. The van der Waals surface area contributed by atoms with Crippen LogP contribution in [0.5, 0.6) is 5.75 Å². The highest BCUT2D eigenvalue weighted by Crippen LogP contribution is 2.26. The first-order chi connectivity index (χ1) is 12.6. The molecule has 0 N–H and O–H groups in total. The first-order valence-electron chi connectivity index (χ1n) is 7.96. The molecule has 0 radical (unpaired) electrons. The first kappa shape index (κ1) is 18.0. The summed E-state index contributed by atoms with van der Waals surface area (Å²) >= 11 is 6.14. The molecule has 3 aromatic rings. The molecular weight excluding hydrogens is 357 g/mol. The normalized spacial score (nSPS) is 10.6. The van der Waals surface area contributed by atoms with Gasteiger partial charge >= 0.3 is 0 Å². The van der Waals surface area contributed by atoms with Crippen LogP contribution in [0.3, 0.4) is 0 Å². The molecule has 4 nitrogen and oxygen atoms in total. The van der Waals surface area contributed by atoms with Gasteiger partial charge in [-0.1, -0.05) is 23.7 Å². The number of hydrogen-bond acceptors (Lipinski definition) is 3. The molecule has 0 spiro atoms. The van der Waals surface area contributed by atoms with Crippen molar-refractivity contribution in [3.63, 3.8) is 0 Å². The van der Waals surface area contributed by atoms with Crippen molar-refractivity contribution < 1.29 is 18.3 Å². The number of benzene rings is 2. The number of ether oxygens (including phenoxy) is 1. The van der Waals surface area contributed by atoms with Gasteiger partial charge in [-0.15, -0.1) is 0 Å². The molecule has 134 valence electrons. The van der Waals surface area contributed by atoms with Crippen LogP contribution in [-0.4, -0.2) is 17.9 Å². The van der Waals surface area contributed by atoms with Gasteiger partial charge in [-0.25, -0.2) is 4.39 Å². The van der Waals surface area contributed by atoms with Crippen molar-refractivity contribution in [2.24, 2.45) is 0 Å². The van der Waals surface area contributed by atoms with Gasteiger partial charge in [0.05, 0.1) is 24.9 Å². The number of furan rings is 1. The largest absolute Gasteiger partial charge is 0.495 e. The minimum atomic E-state index is -0.347. The van der Waals surface area contributed by atoms with Crippen molar-refractivity contribution in [3.8, 4) is 5.75 Å². The topological polar surface area (TPSA) is 42.7 Å². The quantitative estimate of drug-likeness (QED) is 0.615. The van der Waals surface area contributed by atoms with E-state index < -0.39 is 0 Å². The second kappa shape index (κ2) is 8.06. The van der Waals surface area contributed by atoms with Crippen molar-refractivity contribution in [1.82, 2.24) is 4.90 Å². The third-order valence-corrected chi connectivity index (χ3v) is 4.17. The lowest BCUT2D eigenvalue weighted by molar-refractivity contribution is 0.0717. The molecule has 3 rings (SSSR count). The van der Waals surface area contributed by atoms with Gasteiger partial charge in [-0.2, -0.15) is 0 Å². The zero-order valence-electron chi connectivity index (χ0n) is 14.1. The average Bonchev–Trinajstić information content (AvgIpc) is 3.13. The lowest BCUT2D eigenvalue weighted by Gasteiger charge is -2.22. The van der Waals surface area contributed by atoms with Crippen LogP contribution in [0.4, 0.5) is 4.39 Å². The van der Waals surface area contributed by atoms with Crippen LogP contribution in [-0.2, 0) is 13.1 Å². The molecule has 0 aliphatic rings. The summed E-state index contributed by atoms with van der Waals surface area (Å²) in [5, 5.41) is 0.349. The maximum absolute atomic E-state index is 13.5. The summed E-state index contributed by atoms with van der Waals surface area (Å²) in [5.74, 6) is 0.538. The maximum atomic E-state index is 13.5. The van der Waals surface area contributed by atoms with E-state index in [4.69, 9.17) is 20.8 Å².